The molecule has 25 heavy (non-hydrogen) atoms. The lowest BCUT2D eigenvalue weighted by Crippen LogP contribution is -2.28. The minimum atomic E-state index is -0.710. The predicted molar refractivity (Wildman–Crippen MR) is 95.4 cm³/mol. The van der Waals surface area contributed by atoms with Gasteiger partial charge in [0.1, 0.15) is 16.3 Å². The number of urea groups is 1. The van der Waals surface area contributed by atoms with Crippen LogP contribution in [0.4, 0.5) is 9.80 Å². The van der Waals surface area contributed by atoms with E-state index in [1.165, 1.54) is 4.90 Å². The Bertz CT molecular complexity index is 718. The first-order chi connectivity index (χ1) is 12.0. The van der Waals surface area contributed by atoms with Gasteiger partial charge in [0, 0.05) is 20.5 Å². The number of benzene rings is 1. The molecular formula is C16H20N4O4S. The van der Waals surface area contributed by atoms with Gasteiger partial charge in [-0.2, -0.15) is 4.37 Å². The number of para-hydroxylation sites is 1. The quantitative estimate of drug-likeness (QED) is 0.698. The van der Waals surface area contributed by atoms with E-state index in [1.54, 1.807) is 14.1 Å². The summed E-state index contributed by atoms with van der Waals surface area (Å²) in [6, 6.07) is 9.05. The Hall–Kier alpha value is -2.81. The number of nitrogens with two attached hydrogens (primary N) is 1. The lowest BCUT2D eigenvalue weighted by atomic mass is 10.3. The van der Waals surface area contributed by atoms with Crippen LogP contribution in [0, 0.1) is 0 Å². The summed E-state index contributed by atoms with van der Waals surface area (Å²) in [5.41, 5.74) is 5.45. The van der Waals surface area contributed by atoms with E-state index in [-0.39, 0.29) is 22.5 Å². The zero-order valence-corrected chi connectivity index (χ0v) is 14.8. The van der Waals surface area contributed by atoms with Gasteiger partial charge in [0.25, 0.3) is 5.91 Å². The van der Waals surface area contributed by atoms with Crippen LogP contribution in [-0.4, -0.2) is 48.5 Å². The second kappa shape index (κ2) is 8.88. The second-order valence-corrected chi connectivity index (χ2v) is 6.02. The van der Waals surface area contributed by atoms with Crippen LogP contribution >= 0.6 is 11.5 Å². The first-order valence-corrected chi connectivity index (χ1v) is 8.34. The van der Waals surface area contributed by atoms with E-state index in [1.807, 2.05) is 30.3 Å². The molecule has 2 aromatic rings. The van der Waals surface area contributed by atoms with Crippen molar-refractivity contribution in [2.75, 3.05) is 32.6 Å². The zero-order valence-electron chi connectivity index (χ0n) is 14.0. The molecule has 0 atom stereocenters. The largest absolute Gasteiger partial charge is 0.493 e. The normalized spacial score (nSPS) is 10.2. The van der Waals surface area contributed by atoms with Gasteiger partial charge in [-0.3, -0.25) is 10.1 Å². The highest BCUT2D eigenvalue weighted by Crippen LogP contribution is 2.30. The van der Waals surface area contributed by atoms with E-state index in [0.717, 1.165) is 17.3 Å². The number of hydrogen-bond donors (Lipinski definition) is 2. The fourth-order valence-corrected chi connectivity index (χ4v) is 2.55. The molecule has 134 valence electrons. The molecule has 0 saturated heterocycles. The van der Waals surface area contributed by atoms with Crippen molar-refractivity contribution >= 4 is 28.5 Å². The van der Waals surface area contributed by atoms with Crippen LogP contribution in [0.25, 0.3) is 0 Å². The molecule has 0 bridgehead atoms. The third-order valence-electron chi connectivity index (χ3n) is 3.07. The van der Waals surface area contributed by atoms with Gasteiger partial charge in [0.15, 0.2) is 0 Å². The highest BCUT2D eigenvalue weighted by molar-refractivity contribution is 7.11. The second-order valence-electron chi connectivity index (χ2n) is 5.24. The first kappa shape index (κ1) is 18.5. The van der Waals surface area contributed by atoms with E-state index < -0.39 is 5.91 Å². The van der Waals surface area contributed by atoms with E-state index in [9.17, 15) is 9.59 Å². The summed E-state index contributed by atoms with van der Waals surface area (Å²) in [6.07, 6.45) is 0.601. The smallest absolute Gasteiger partial charge is 0.321 e. The molecule has 0 spiro atoms. The lowest BCUT2D eigenvalue weighted by Gasteiger charge is -2.11. The van der Waals surface area contributed by atoms with E-state index in [0.29, 0.717) is 19.6 Å². The number of rotatable bonds is 8. The Morgan fingerprint density at radius 2 is 1.88 bits per heavy atom. The Morgan fingerprint density at radius 1 is 1.20 bits per heavy atom. The van der Waals surface area contributed by atoms with Crippen LogP contribution in [0.3, 0.4) is 0 Å². The molecule has 1 aromatic heterocycles. The zero-order chi connectivity index (χ0) is 18.2. The van der Waals surface area contributed by atoms with Gasteiger partial charge in [-0.15, -0.1) is 0 Å². The number of carbonyl (C=O) groups is 2. The standard InChI is InChI=1S/C16H20N4O4S/c1-20(2)16(22)18-15-12(13(17)21)14(19-25-15)24-10-6-9-23-11-7-4-3-5-8-11/h3-5,7-8H,6,9-10H2,1-2H3,(H2,17,21)(H,18,22). The summed E-state index contributed by atoms with van der Waals surface area (Å²) in [7, 11) is 3.18. The fraction of sp³-hybridized carbons (Fsp3) is 0.312. The molecule has 0 fully saturated rings. The SMILES string of the molecule is CN(C)C(=O)Nc1snc(OCCCOc2ccccc2)c1C(N)=O. The van der Waals surface area contributed by atoms with Crippen molar-refractivity contribution in [3.8, 4) is 11.6 Å². The highest BCUT2D eigenvalue weighted by Gasteiger charge is 2.22. The molecule has 3 amide bonds. The Kier molecular flexibility index (Phi) is 6.58. The van der Waals surface area contributed by atoms with Crippen molar-refractivity contribution in [3.05, 3.63) is 35.9 Å². The van der Waals surface area contributed by atoms with Crippen molar-refractivity contribution < 1.29 is 19.1 Å². The van der Waals surface area contributed by atoms with E-state index in [2.05, 4.69) is 9.69 Å². The number of anilines is 1. The minimum Gasteiger partial charge on any atom is -0.493 e. The molecule has 8 nitrogen and oxygen atoms in total. The summed E-state index contributed by atoms with van der Waals surface area (Å²) in [6.45, 7) is 0.766. The van der Waals surface area contributed by atoms with E-state index in [4.69, 9.17) is 15.2 Å². The van der Waals surface area contributed by atoms with Crippen molar-refractivity contribution in [2.45, 2.75) is 6.42 Å². The van der Waals surface area contributed by atoms with Crippen LogP contribution in [0.2, 0.25) is 0 Å². The summed E-state index contributed by atoms with van der Waals surface area (Å²) in [5.74, 6) is 0.187. The monoisotopic (exact) mass is 364 g/mol. The van der Waals surface area contributed by atoms with Crippen LogP contribution in [0.15, 0.2) is 30.3 Å². The number of amides is 3. The predicted octanol–water partition coefficient (Wildman–Crippen LogP) is 2.18. The van der Waals surface area contributed by atoms with Gasteiger partial charge in [0.2, 0.25) is 5.88 Å². The molecule has 1 aromatic carbocycles. The van der Waals surface area contributed by atoms with Crippen molar-refractivity contribution in [2.24, 2.45) is 5.73 Å². The van der Waals surface area contributed by atoms with Crippen LogP contribution in [0.5, 0.6) is 11.6 Å². The number of aromatic nitrogens is 1. The molecule has 0 radical (unpaired) electrons. The van der Waals surface area contributed by atoms with Crippen LogP contribution in [0.1, 0.15) is 16.8 Å². The third-order valence-corrected chi connectivity index (χ3v) is 3.82. The van der Waals surface area contributed by atoms with Gasteiger partial charge in [-0.25, -0.2) is 4.79 Å². The van der Waals surface area contributed by atoms with Gasteiger partial charge in [-0.05, 0) is 23.7 Å². The molecule has 0 aliphatic rings. The first-order valence-electron chi connectivity index (χ1n) is 7.57. The summed E-state index contributed by atoms with van der Waals surface area (Å²) >= 11 is 0.945. The third kappa shape index (κ3) is 5.35. The number of carbonyl (C=O) groups excluding carboxylic acids is 2. The average Bonchev–Trinajstić information content (AvgIpc) is 2.98. The van der Waals surface area contributed by atoms with Gasteiger partial charge >= 0.3 is 6.03 Å². The van der Waals surface area contributed by atoms with Crippen molar-refractivity contribution in [1.82, 2.24) is 9.27 Å². The topological polar surface area (TPSA) is 107 Å². The Balaban J connectivity index is 1.88. The molecular weight excluding hydrogens is 344 g/mol. The number of nitrogens with one attached hydrogen (secondary N) is 1. The van der Waals surface area contributed by atoms with Crippen LogP contribution in [-0.2, 0) is 0 Å². The number of nitrogens with zero attached hydrogens (tertiary/aromatic N) is 2. The maximum atomic E-state index is 11.7. The summed E-state index contributed by atoms with van der Waals surface area (Å²) in [5, 5.41) is 2.84. The molecule has 0 aliphatic carbocycles. The number of ether oxygens (including phenoxy) is 2. The van der Waals surface area contributed by atoms with Gasteiger partial charge < -0.3 is 20.1 Å². The molecule has 0 aliphatic heterocycles. The molecule has 1 heterocycles. The Labute approximate surface area is 149 Å². The molecule has 2 rings (SSSR count). The molecule has 3 N–H and O–H groups in total. The minimum absolute atomic E-state index is 0.0733. The average molecular weight is 364 g/mol. The molecule has 0 saturated carbocycles. The van der Waals surface area contributed by atoms with Gasteiger partial charge in [0.05, 0.1) is 13.2 Å². The molecule has 0 unspecified atom stereocenters. The maximum Gasteiger partial charge on any atom is 0.321 e. The number of hydrogen-bond acceptors (Lipinski definition) is 6. The number of primary amides is 1. The van der Waals surface area contributed by atoms with Crippen LogP contribution < -0.4 is 20.5 Å². The Morgan fingerprint density at radius 3 is 2.52 bits per heavy atom. The highest BCUT2D eigenvalue weighted by atomic mass is 32.1. The summed E-state index contributed by atoms with van der Waals surface area (Å²) in [4.78, 5) is 24.7. The lowest BCUT2D eigenvalue weighted by molar-refractivity contribution is 0.0997. The maximum absolute atomic E-state index is 11.7. The van der Waals surface area contributed by atoms with Crippen molar-refractivity contribution in [3.63, 3.8) is 0 Å². The fourth-order valence-electron chi connectivity index (χ4n) is 1.82. The van der Waals surface area contributed by atoms with Gasteiger partial charge in [-0.1, -0.05) is 18.2 Å². The van der Waals surface area contributed by atoms with E-state index >= 15 is 0 Å². The van der Waals surface area contributed by atoms with Crippen molar-refractivity contribution in [1.29, 1.82) is 0 Å². The molecule has 9 heteroatoms. The summed E-state index contributed by atoms with van der Waals surface area (Å²) < 4.78 is 15.1.